The van der Waals surface area contributed by atoms with Gasteiger partial charge in [-0.2, -0.15) is 0 Å². The summed E-state index contributed by atoms with van der Waals surface area (Å²) in [5.74, 6) is 0.424. The van der Waals surface area contributed by atoms with Crippen LogP contribution in [-0.2, 0) is 0 Å². The van der Waals surface area contributed by atoms with Crippen molar-refractivity contribution in [1.29, 1.82) is 0 Å². The fraction of sp³-hybridized carbons (Fsp3) is 0.938. The average molecular weight is 314 g/mol. The highest BCUT2D eigenvalue weighted by Gasteiger charge is 2.20. The summed E-state index contributed by atoms with van der Waals surface area (Å²) in [5.41, 5.74) is -0.864. The highest BCUT2D eigenvalue weighted by atomic mass is 16.3. The number of urea groups is 1. The third-order valence-corrected chi connectivity index (χ3v) is 4.05. The van der Waals surface area contributed by atoms with E-state index in [2.05, 4.69) is 29.0 Å². The van der Waals surface area contributed by atoms with Gasteiger partial charge in [-0.05, 0) is 26.3 Å². The Morgan fingerprint density at radius 2 is 1.82 bits per heavy atom. The van der Waals surface area contributed by atoms with Crippen LogP contribution in [0.25, 0.3) is 0 Å². The zero-order valence-corrected chi connectivity index (χ0v) is 14.9. The van der Waals surface area contributed by atoms with Crippen LogP contribution in [0.4, 0.5) is 4.79 Å². The van der Waals surface area contributed by atoms with Crippen LogP contribution >= 0.6 is 0 Å². The second-order valence-electron chi connectivity index (χ2n) is 7.19. The number of nitrogens with one attached hydrogen (secondary N) is 1. The summed E-state index contributed by atoms with van der Waals surface area (Å²) in [6.07, 6.45) is 0. The summed E-state index contributed by atoms with van der Waals surface area (Å²) in [7, 11) is 1.71. The topological polar surface area (TPSA) is 59.0 Å². The van der Waals surface area contributed by atoms with Crippen LogP contribution in [0, 0.1) is 5.92 Å². The molecule has 1 rings (SSSR count). The van der Waals surface area contributed by atoms with Crippen LogP contribution in [0.15, 0.2) is 0 Å². The van der Waals surface area contributed by atoms with Crippen LogP contribution < -0.4 is 5.32 Å². The van der Waals surface area contributed by atoms with Gasteiger partial charge in [-0.15, -0.1) is 0 Å². The minimum absolute atomic E-state index is 0.121. The Morgan fingerprint density at radius 1 is 1.27 bits per heavy atom. The van der Waals surface area contributed by atoms with Gasteiger partial charge in [-0.25, -0.2) is 4.79 Å². The van der Waals surface area contributed by atoms with Gasteiger partial charge in [0.1, 0.15) is 0 Å². The Labute approximate surface area is 135 Å². The van der Waals surface area contributed by atoms with Gasteiger partial charge in [0.2, 0.25) is 0 Å². The van der Waals surface area contributed by atoms with Gasteiger partial charge >= 0.3 is 6.03 Å². The molecule has 1 atom stereocenters. The van der Waals surface area contributed by atoms with Crippen LogP contribution in [-0.4, -0.2) is 90.8 Å². The van der Waals surface area contributed by atoms with Crippen molar-refractivity contribution in [2.24, 2.45) is 5.92 Å². The number of nitrogens with zero attached hydrogens (tertiary/aromatic N) is 3. The van der Waals surface area contributed by atoms with E-state index in [0.717, 1.165) is 39.3 Å². The summed E-state index contributed by atoms with van der Waals surface area (Å²) >= 11 is 0. The maximum Gasteiger partial charge on any atom is 0.317 e. The number of aliphatic hydroxyl groups is 1. The molecule has 6 nitrogen and oxygen atoms in total. The molecule has 6 heteroatoms. The van der Waals surface area contributed by atoms with Crippen molar-refractivity contribution in [3.8, 4) is 0 Å². The third kappa shape index (κ3) is 7.42. The zero-order valence-electron chi connectivity index (χ0n) is 14.9. The fourth-order valence-corrected chi connectivity index (χ4v) is 2.84. The SMILES string of the molecule is CCN1CCN(CC(C)CNC(=O)N(C)CC(C)(C)O)CC1. The summed E-state index contributed by atoms with van der Waals surface area (Å²) in [4.78, 5) is 18.5. The van der Waals surface area contributed by atoms with Crippen molar-refractivity contribution >= 4 is 6.03 Å². The number of rotatable bonds is 7. The predicted molar refractivity (Wildman–Crippen MR) is 90.0 cm³/mol. The molecule has 0 spiro atoms. The van der Waals surface area contributed by atoms with Gasteiger partial charge in [0, 0.05) is 46.3 Å². The number of carbonyl (C=O) groups is 1. The van der Waals surface area contributed by atoms with Crippen molar-refractivity contribution in [3.63, 3.8) is 0 Å². The monoisotopic (exact) mass is 314 g/mol. The van der Waals surface area contributed by atoms with Crippen LogP contribution in [0.2, 0.25) is 0 Å². The highest BCUT2D eigenvalue weighted by molar-refractivity contribution is 5.73. The third-order valence-electron chi connectivity index (χ3n) is 4.05. The number of hydrogen-bond acceptors (Lipinski definition) is 4. The molecule has 22 heavy (non-hydrogen) atoms. The molecule has 0 radical (unpaired) electrons. The highest BCUT2D eigenvalue weighted by Crippen LogP contribution is 2.06. The Morgan fingerprint density at radius 3 is 2.32 bits per heavy atom. The number of carbonyl (C=O) groups excluding carboxylic acids is 1. The molecule has 0 aromatic heterocycles. The van der Waals surface area contributed by atoms with E-state index in [9.17, 15) is 9.90 Å². The van der Waals surface area contributed by atoms with E-state index >= 15 is 0 Å². The van der Waals surface area contributed by atoms with E-state index in [0.29, 0.717) is 19.0 Å². The predicted octanol–water partition coefficient (Wildman–Crippen LogP) is 0.672. The molecule has 0 saturated carbocycles. The van der Waals surface area contributed by atoms with Crippen molar-refractivity contribution in [2.45, 2.75) is 33.3 Å². The van der Waals surface area contributed by atoms with Gasteiger partial charge in [0.05, 0.1) is 12.1 Å². The first-order valence-corrected chi connectivity index (χ1v) is 8.37. The smallest absolute Gasteiger partial charge is 0.317 e. The average Bonchev–Trinajstić information content (AvgIpc) is 2.43. The minimum Gasteiger partial charge on any atom is -0.389 e. The molecular formula is C16H34N4O2. The van der Waals surface area contributed by atoms with E-state index in [-0.39, 0.29) is 6.03 Å². The standard InChI is InChI=1S/C16H34N4O2/c1-6-19-7-9-20(10-8-19)12-14(2)11-17-15(21)18(5)13-16(3,4)22/h14,22H,6-13H2,1-5H3,(H,17,21). The van der Waals surface area contributed by atoms with E-state index in [1.807, 2.05) is 0 Å². The number of likely N-dealkylation sites (N-methyl/N-ethyl adjacent to an activating group) is 2. The molecular weight excluding hydrogens is 280 g/mol. The van der Waals surface area contributed by atoms with Gasteiger partial charge in [0.25, 0.3) is 0 Å². The number of amides is 2. The summed E-state index contributed by atoms with van der Waals surface area (Å²) in [6.45, 7) is 15.4. The molecule has 1 heterocycles. The van der Waals surface area contributed by atoms with Crippen molar-refractivity contribution in [2.75, 3.05) is 59.4 Å². The lowest BCUT2D eigenvalue weighted by Gasteiger charge is -2.35. The van der Waals surface area contributed by atoms with E-state index in [1.54, 1.807) is 20.9 Å². The molecule has 0 aliphatic carbocycles. The molecule has 2 amide bonds. The largest absolute Gasteiger partial charge is 0.389 e. The summed E-state index contributed by atoms with van der Waals surface area (Å²) in [5, 5.41) is 12.7. The Hall–Kier alpha value is -0.850. The van der Waals surface area contributed by atoms with Crippen molar-refractivity contribution < 1.29 is 9.90 Å². The number of hydrogen-bond donors (Lipinski definition) is 2. The van der Waals surface area contributed by atoms with Gasteiger partial charge in [-0.3, -0.25) is 0 Å². The first kappa shape index (κ1) is 19.2. The van der Waals surface area contributed by atoms with E-state index in [1.165, 1.54) is 4.90 Å². The minimum atomic E-state index is -0.864. The Kier molecular flexibility index (Phi) is 7.59. The first-order chi connectivity index (χ1) is 10.2. The lowest BCUT2D eigenvalue weighted by molar-refractivity contribution is 0.0529. The van der Waals surface area contributed by atoms with Gasteiger partial charge in [-0.1, -0.05) is 13.8 Å². The molecule has 1 fully saturated rings. The quantitative estimate of drug-likeness (QED) is 0.725. The molecule has 1 aliphatic heterocycles. The van der Waals surface area contributed by atoms with Crippen molar-refractivity contribution in [1.82, 2.24) is 20.0 Å². The summed E-state index contributed by atoms with van der Waals surface area (Å²) < 4.78 is 0. The maximum absolute atomic E-state index is 12.0. The van der Waals surface area contributed by atoms with Gasteiger partial charge in [0.15, 0.2) is 0 Å². The molecule has 0 bridgehead atoms. The van der Waals surface area contributed by atoms with Crippen LogP contribution in [0.1, 0.15) is 27.7 Å². The fourth-order valence-electron chi connectivity index (χ4n) is 2.84. The molecule has 2 N–H and O–H groups in total. The lowest BCUT2D eigenvalue weighted by atomic mass is 10.1. The zero-order chi connectivity index (χ0) is 16.8. The van der Waals surface area contributed by atoms with Gasteiger partial charge < -0.3 is 25.1 Å². The van der Waals surface area contributed by atoms with Crippen molar-refractivity contribution in [3.05, 3.63) is 0 Å². The number of piperazine rings is 1. The van der Waals surface area contributed by atoms with Crippen LogP contribution in [0.5, 0.6) is 0 Å². The molecule has 0 aromatic rings. The molecule has 0 aromatic carbocycles. The molecule has 1 aliphatic rings. The molecule has 130 valence electrons. The Bertz CT molecular complexity index is 336. The second-order valence-corrected chi connectivity index (χ2v) is 7.19. The van der Waals surface area contributed by atoms with E-state index in [4.69, 9.17) is 0 Å². The molecule has 1 saturated heterocycles. The Balaban J connectivity index is 2.22. The van der Waals surface area contributed by atoms with Crippen LogP contribution in [0.3, 0.4) is 0 Å². The molecule has 1 unspecified atom stereocenters. The normalized spacial score (nSPS) is 19.0. The first-order valence-electron chi connectivity index (χ1n) is 8.37. The maximum atomic E-state index is 12.0. The summed E-state index contributed by atoms with van der Waals surface area (Å²) in [6, 6.07) is -0.121. The van der Waals surface area contributed by atoms with E-state index < -0.39 is 5.60 Å². The lowest BCUT2D eigenvalue weighted by Crippen LogP contribution is -2.49. The second kappa shape index (κ2) is 8.70.